The second-order valence-corrected chi connectivity index (χ2v) is 5.61. The first-order valence-corrected chi connectivity index (χ1v) is 8.01. The number of ether oxygens (including phenoxy) is 2. The molecule has 0 aliphatic heterocycles. The van der Waals surface area contributed by atoms with Crippen LogP contribution in [-0.4, -0.2) is 24.8 Å². The predicted molar refractivity (Wildman–Crippen MR) is 85.3 cm³/mol. The standard InChI is InChI=1S/C16H23BrO3/c1-5-16(6-2,10-17)11-20-14-8-7-13(12(3)18)9-15(14)19-4/h7-9H,5-6,10-11H2,1-4H3. The van der Waals surface area contributed by atoms with Crippen molar-refractivity contribution < 1.29 is 14.3 Å². The summed E-state index contributed by atoms with van der Waals surface area (Å²) < 4.78 is 11.2. The van der Waals surface area contributed by atoms with Gasteiger partial charge in [-0.15, -0.1) is 0 Å². The molecule has 0 aromatic heterocycles. The Morgan fingerprint density at radius 3 is 2.35 bits per heavy atom. The summed E-state index contributed by atoms with van der Waals surface area (Å²) in [6, 6.07) is 5.30. The topological polar surface area (TPSA) is 35.5 Å². The smallest absolute Gasteiger partial charge is 0.161 e. The van der Waals surface area contributed by atoms with Crippen LogP contribution in [0.2, 0.25) is 0 Å². The normalized spacial score (nSPS) is 11.2. The maximum atomic E-state index is 11.4. The van der Waals surface area contributed by atoms with Crippen LogP contribution in [0.5, 0.6) is 11.5 Å². The monoisotopic (exact) mass is 342 g/mol. The van der Waals surface area contributed by atoms with Gasteiger partial charge in [0.05, 0.1) is 13.7 Å². The Balaban J connectivity index is 2.90. The van der Waals surface area contributed by atoms with E-state index in [2.05, 4.69) is 29.8 Å². The van der Waals surface area contributed by atoms with Crippen LogP contribution in [0.4, 0.5) is 0 Å². The molecule has 3 nitrogen and oxygen atoms in total. The van der Waals surface area contributed by atoms with E-state index in [0.29, 0.717) is 23.7 Å². The number of ketones is 1. The minimum Gasteiger partial charge on any atom is -0.493 e. The molecule has 20 heavy (non-hydrogen) atoms. The molecule has 0 amide bonds. The summed E-state index contributed by atoms with van der Waals surface area (Å²) in [5.41, 5.74) is 0.761. The summed E-state index contributed by atoms with van der Waals surface area (Å²) in [6.45, 7) is 6.51. The highest BCUT2D eigenvalue weighted by molar-refractivity contribution is 9.09. The number of halogens is 1. The van der Waals surface area contributed by atoms with Gasteiger partial charge in [-0.3, -0.25) is 4.79 Å². The molecule has 0 fully saturated rings. The van der Waals surface area contributed by atoms with E-state index < -0.39 is 0 Å². The first kappa shape index (κ1) is 17.0. The molecule has 1 aromatic carbocycles. The lowest BCUT2D eigenvalue weighted by atomic mass is 9.86. The fourth-order valence-electron chi connectivity index (χ4n) is 1.92. The number of hydrogen-bond donors (Lipinski definition) is 0. The van der Waals surface area contributed by atoms with Crippen molar-refractivity contribution in [3.63, 3.8) is 0 Å². The number of carbonyl (C=O) groups excluding carboxylic acids is 1. The highest BCUT2D eigenvalue weighted by Gasteiger charge is 2.26. The second kappa shape index (κ2) is 7.67. The van der Waals surface area contributed by atoms with E-state index in [1.807, 2.05) is 0 Å². The minimum atomic E-state index is 0.0202. The second-order valence-electron chi connectivity index (χ2n) is 5.05. The molecule has 0 aliphatic carbocycles. The van der Waals surface area contributed by atoms with E-state index in [4.69, 9.17) is 9.47 Å². The van der Waals surface area contributed by atoms with Crippen molar-refractivity contribution in [3.05, 3.63) is 23.8 Å². The molecule has 1 aromatic rings. The zero-order valence-electron chi connectivity index (χ0n) is 12.7. The van der Waals surface area contributed by atoms with Crippen molar-refractivity contribution in [2.45, 2.75) is 33.6 Å². The highest BCUT2D eigenvalue weighted by atomic mass is 79.9. The van der Waals surface area contributed by atoms with E-state index >= 15 is 0 Å². The third-order valence-corrected chi connectivity index (χ3v) is 5.08. The van der Waals surface area contributed by atoms with Crippen LogP contribution in [0.3, 0.4) is 0 Å². The Morgan fingerprint density at radius 1 is 1.25 bits per heavy atom. The maximum absolute atomic E-state index is 11.4. The molecular weight excluding hydrogens is 320 g/mol. The highest BCUT2D eigenvalue weighted by Crippen LogP contribution is 2.33. The summed E-state index contributed by atoms with van der Waals surface area (Å²) in [6.07, 6.45) is 2.09. The van der Waals surface area contributed by atoms with Gasteiger partial charge in [-0.1, -0.05) is 29.8 Å². The first-order chi connectivity index (χ1) is 9.51. The predicted octanol–water partition coefficient (Wildman–Crippen LogP) is 4.48. The number of rotatable bonds is 8. The van der Waals surface area contributed by atoms with Gasteiger partial charge in [-0.2, -0.15) is 0 Å². The van der Waals surface area contributed by atoms with E-state index in [-0.39, 0.29) is 11.2 Å². The van der Waals surface area contributed by atoms with E-state index in [0.717, 1.165) is 18.2 Å². The van der Waals surface area contributed by atoms with Crippen LogP contribution >= 0.6 is 15.9 Å². The quantitative estimate of drug-likeness (QED) is 0.516. The lowest BCUT2D eigenvalue weighted by Gasteiger charge is -2.29. The van der Waals surface area contributed by atoms with Gasteiger partial charge in [-0.05, 0) is 38.0 Å². The van der Waals surface area contributed by atoms with E-state index in [1.165, 1.54) is 0 Å². The van der Waals surface area contributed by atoms with Crippen molar-refractivity contribution in [3.8, 4) is 11.5 Å². The van der Waals surface area contributed by atoms with E-state index in [1.54, 1.807) is 32.2 Å². The van der Waals surface area contributed by atoms with Gasteiger partial charge >= 0.3 is 0 Å². The number of alkyl halides is 1. The van der Waals surface area contributed by atoms with Gasteiger partial charge in [0.2, 0.25) is 0 Å². The molecule has 0 heterocycles. The zero-order valence-corrected chi connectivity index (χ0v) is 14.2. The Labute approximate surface area is 129 Å². The molecule has 0 unspecified atom stereocenters. The number of carbonyl (C=O) groups is 1. The van der Waals surface area contributed by atoms with Crippen molar-refractivity contribution in [1.82, 2.24) is 0 Å². The molecule has 0 spiro atoms. The van der Waals surface area contributed by atoms with Crippen LogP contribution in [0.15, 0.2) is 18.2 Å². The lowest BCUT2D eigenvalue weighted by molar-refractivity contribution is 0.101. The van der Waals surface area contributed by atoms with Gasteiger partial charge in [0, 0.05) is 16.3 Å². The van der Waals surface area contributed by atoms with Crippen molar-refractivity contribution in [1.29, 1.82) is 0 Å². The number of Topliss-reactive ketones (excluding diaryl/α,β-unsaturated/α-hetero) is 1. The van der Waals surface area contributed by atoms with Gasteiger partial charge in [0.15, 0.2) is 17.3 Å². The molecule has 4 heteroatoms. The molecule has 0 radical (unpaired) electrons. The van der Waals surface area contributed by atoms with Gasteiger partial charge in [0.1, 0.15) is 0 Å². The molecule has 0 atom stereocenters. The van der Waals surface area contributed by atoms with Crippen LogP contribution in [0.25, 0.3) is 0 Å². The molecule has 0 saturated carbocycles. The average molecular weight is 343 g/mol. The molecule has 0 saturated heterocycles. The summed E-state index contributed by atoms with van der Waals surface area (Å²) in [5, 5.41) is 0.904. The van der Waals surface area contributed by atoms with Gasteiger partial charge in [-0.25, -0.2) is 0 Å². The first-order valence-electron chi connectivity index (χ1n) is 6.89. The van der Waals surface area contributed by atoms with Crippen molar-refractivity contribution >= 4 is 21.7 Å². The van der Waals surface area contributed by atoms with Gasteiger partial charge < -0.3 is 9.47 Å². The summed E-state index contributed by atoms with van der Waals surface area (Å²) in [7, 11) is 1.59. The molecule has 112 valence electrons. The summed E-state index contributed by atoms with van der Waals surface area (Å²) in [4.78, 5) is 11.4. The average Bonchev–Trinajstić information content (AvgIpc) is 2.49. The van der Waals surface area contributed by atoms with Gasteiger partial charge in [0.25, 0.3) is 0 Å². The van der Waals surface area contributed by atoms with Crippen LogP contribution in [0, 0.1) is 5.41 Å². The zero-order chi connectivity index (χ0) is 15.2. The maximum Gasteiger partial charge on any atom is 0.161 e. The van der Waals surface area contributed by atoms with Crippen molar-refractivity contribution in [2.24, 2.45) is 5.41 Å². The molecule has 1 rings (SSSR count). The Morgan fingerprint density at radius 2 is 1.90 bits per heavy atom. The third-order valence-electron chi connectivity index (χ3n) is 3.89. The fourth-order valence-corrected chi connectivity index (χ4v) is 2.87. The summed E-state index contributed by atoms with van der Waals surface area (Å²) >= 11 is 3.58. The Kier molecular flexibility index (Phi) is 6.53. The minimum absolute atomic E-state index is 0.0202. The third kappa shape index (κ3) is 3.98. The Bertz CT molecular complexity index is 445. The van der Waals surface area contributed by atoms with Crippen LogP contribution in [0.1, 0.15) is 44.0 Å². The number of hydrogen-bond acceptors (Lipinski definition) is 3. The Hall–Kier alpha value is -1.03. The molecule has 0 aliphatic rings. The largest absolute Gasteiger partial charge is 0.493 e. The molecule has 0 bridgehead atoms. The number of benzene rings is 1. The van der Waals surface area contributed by atoms with E-state index in [9.17, 15) is 4.79 Å². The fraction of sp³-hybridized carbons (Fsp3) is 0.562. The summed E-state index contributed by atoms with van der Waals surface area (Å²) in [5.74, 6) is 1.31. The SMILES string of the molecule is CCC(CC)(CBr)COc1ccc(C(C)=O)cc1OC. The molecular formula is C16H23BrO3. The molecule has 0 N–H and O–H groups in total. The number of methoxy groups -OCH3 is 1. The van der Waals surface area contributed by atoms with Crippen molar-refractivity contribution in [2.75, 3.05) is 19.0 Å². The lowest BCUT2D eigenvalue weighted by Crippen LogP contribution is -2.29. The van der Waals surface area contributed by atoms with Crippen LogP contribution in [-0.2, 0) is 0 Å². The van der Waals surface area contributed by atoms with Crippen LogP contribution < -0.4 is 9.47 Å².